The Labute approximate surface area is 102 Å². The summed E-state index contributed by atoms with van der Waals surface area (Å²) in [5.74, 6) is 1.31. The molecule has 0 fully saturated rings. The molecule has 3 aliphatic carbocycles. The summed E-state index contributed by atoms with van der Waals surface area (Å²) in [5, 5.41) is 0. The third kappa shape index (κ3) is 1.24. The summed E-state index contributed by atoms with van der Waals surface area (Å²) >= 11 is 0. The van der Waals surface area contributed by atoms with Crippen LogP contribution in [0.15, 0.2) is 48.5 Å². The first-order valence-electron chi connectivity index (χ1n) is 6.63. The van der Waals surface area contributed by atoms with Gasteiger partial charge in [-0.15, -0.1) is 0 Å². The Morgan fingerprint density at radius 2 is 0.941 bits per heavy atom. The van der Waals surface area contributed by atoms with Crippen LogP contribution in [0.4, 0.5) is 0 Å². The van der Waals surface area contributed by atoms with Crippen LogP contribution in [0.2, 0.25) is 0 Å². The van der Waals surface area contributed by atoms with Crippen molar-refractivity contribution in [3.05, 3.63) is 70.8 Å². The third-order valence-electron chi connectivity index (χ3n) is 4.48. The first-order chi connectivity index (χ1) is 8.45. The Bertz CT molecular complexity index is 470. The van der Waals surface area contributed by atoms with Crippen molar-refractivity contribution in [2.24, 2.45) is 0 Å². The number of rotatable bonds is 0. The third-order valence-corrected chi connectivity index (χ3v) is 4.48. The van der Waals surface area contributed by atoms with Gasteiger partial charge in [0.05, 0.1) is 0 Å². The van der Waals surface area contributed by atoms with E-state index in [1.54, 1.807) is 22.3 Å². The minimum absolute atomic E-state index is 0.654. The quantitative estimate of drug-likeness (QED) is 0.615. The molecule has 0 atom stereocenters. The van der Waals surface area contributed by atoms with E-state index in [9.17, 15) is 0 Å². The maximum Gasteiger partial charge on any atom is 0.00952 e. The van der Waals surface area contributed by atoms with Crippen LogP contribution in [-0.2, 0) is 0 Å². The maximum absolute atomic E-state index is 2.34. The van der Waals surface area contributed by atoms with Gasteiger partial charge in [-0.2, -0.15) is 0 Å². The van der Waals surface area contributed by atoms with E-state index in [4.69, 9.17) is 0 Å². The Kier molecular flexibility index (Phi) is 1.93. The predicted molar refractivity (Wildman–Crippen MR) is 70.4 cm³/mol. The summed E-state index contributed by atoms with van der Waals surface area (Å²) in [6.45, 7) is 0. The summed E-state index contributed by atoms with van der Waals surface area (Å²) < 4.78 is 0. The fourth-order valence-corrected chi connectivity index (χ4v) is 3.77. The van der Waals surface area contributed by atoms with E-state index < -0.39 is 0 Å². The first kappa shape index (κ1) is 9.47. The second-order valence-corrected chi connectivity index (χ2v) is 5.29. The highest BCUT2D eigenvalue weighted by atomic mass is 14.4. The minimum Gasteiger partial charge on any atom is -0.0620 e. The van der Waals surface area contributed by atoms with Gasteiger partial charge in [-0.3, -0.25) is 0 Å². The number of hydrogen-bond donors (Lipinski definition) is 0. The van der Waals surface area contributed by atoms with Crippen LogP contribution >= 0.6 is 0 Å². The van der Waals surface area contributed by atoms with E-state index >= 15 is 0 Å². The zero-order valence-corrected chi connectivity index (χ0v) is 9.89. The van der Waals surface area contributed by atoms with Gasteiger partial charge in [-0.05, 0) is 35.1 Å². The normalized spacial score (nSPS) is 24.9. The molecule has 0 unspecified atom stereocenters. The highest BCUT2D eigenvalue weighted by Crippen LogP contribution is 2.50. The van der Waals surface area contributed by atoms with Gasteiger partial charge in [0.25, 0.3) is 0 Å². The van der Waals surface area contributed by atoms with Crippen LogP contribution in [0.3, 0.4) is 0 Å². The lowest BCUT2D eigenvalue weighted by molar-refractivity contribution is 0.664. The van der Waals surface area contributed by atoms with E-state index in [0.29, 0.717) is 11.8 Å². The Balaban J connectivity index is 2.04. The molecule has 0 heteroatoms. The summed E-state index contributed by atoms with van der Waals surface area (Å²) in [7, 11) is 0. The largest absolute Gasteiger partial charge is 0.0620 e. The standard InChI is InChI=1S/C17H16/c1-2-7-13-12(6-1)16-10-5-11-17(13)15-9-4-3-8-14(15)16/h1-4,6-9,16-17H,5,10-11H2. The molecule has 0 nitrogen and oxygen atoms in total. The van der Waals surface area contributed by atoms with Crippen LogP contribution in [0.1, 0.15) is 53.4 Å². The molecule has 0 aliphatic heterocycles. The van der Waals surface area contributed by atoms with Gasteiger partial charge < -0.3 is 0 Å². The molecule has 0 radical (unpaired) electrons. The molecule has 84 valence electrons. The zero-order valence-electron chi connectivity index (χ0n) is 9.89. The van der Waals surface area contributed by atoms with Crippen molar-refractivity contribution in [2.45, 2.75) is 31.1 Å². The summed E-state index contributed by atoms with van der Waals surface area (Å²) in [6, 6.07) is 18.2. The number of benzene rings is 2. The van der Waals surface area contributed by atoms with Gasteiger partial charge in [-0.25, -0.2) is 0 Å². The lowest BCUT2D eigenvalue weighted by Crippen LogP contribution is -2.14. The maximum atomic E-state index is 2.34. The van der Waals surface area contributed by atoms with Gasteiger partial charge in [0.2, 0.25) is 0 Å². The Morgan fingerprint density at radius 3 is 1.29 bits per heavy atom. The van der Waals surface area contributed by atoms with E-state index in [0.717, 1.165) is 0 Å². The zero-order chi connectivity index (χ0) is 11.2. The molecular weight excluding hydrogens is 204 g/mol. The van der Waals surface area contributed by atoms with Gasteiger partial charge in [-0.1, -0.05) is 55.0 Å². The first-order valence-corrected chi connectivity index (χ1v) is 6.63. The van der Waals surface area contributed by atoms with Crippen molar-refractivity contribution in [3.8, 4) is 0 Å². The van der Waals surface area contributed by atoms with Crippen molar-refractivity contribution in [1.82, 2.24) is 0 Å². The average Bonchev–Trinajstić information content (AvgIpc) is 2.70. The van der Waals surface area contributed by atoms with Crippen molar-refractivity contribution in [1.29, 1.82) is 0 Å². The van der Waals surface area contributed by atoms with Crippen molar-refractivity contribution >= 4 is 0 Å². The van der Waals surface area contributed by atoms with E-state index in [1.807, 2.05) is 0 Å². The monoisotopic (exact) mass is 220 g/mol. The van der Waals surface area contributed by atoms with Crippen LogP contribution < -0.4 is 0 Å². The molecule has 2 aromatic carbocycles. The van der Waals surface area contributed by atoms with Crippen LogP contribution in [0.25, 0.3) is 0 Å². The molecule has 17 heavy (non-hydrogen) atoms. The lowest BCUT2D eigenvalue weighted by Gasteiger charge is -2.30. The minimum atomic E-state index is 0.654. The van der Waals surface area contributed by atoms with Crippen LogP contribution in [0.5, 0.6) is 0 Å². The number of fused-ring (bicyclic) bond motifs is 2. The molecule has 0 saturated carbocycles. The van der Waals surface area contributed by atoms with Crippen molar-refractivity contribution < 1.29 is 0 Å². The molecule has 0 amide bonds. The fraction of sp³-hybridized carbons (Fsp3) is 0.294. The Hall–Kier alpha value is -1.56. The summed E-state index contributed by atoms with van der Waals surface area (Å²) in [5.41, 5.74) is 6.37. The summed E-state index contributed by atoms with van der Waals surface area (Å²) in [6.07, 6.45) is 4.01. The topological polar surface area (TPSA) is 0 Å². The SMILES string of the molecule is c1ccc2c(c1)C1CCCC2c2ccccc21. The second-order valence-electron chi connectivity index (χ2n) is 5.29. The Morgan fingerprint density at radius 1 is 0.588 bits per heavy atom. The molecule has 0 spiro atoms. The van der Waals surface area contributed by atoms with E-state index in [-0.39, 0.29) is 0 Å². The molecule has 0 heterocycles. The second kappa shape index (κ2) is 3.46. The van der Waals surface area contributed by atoms with Gasteiger partial charge in [0.1, 0.15) is 0 Å². The highest BCUT2D eigenvalue weighted by molar-refractivity contribution is 5.53. The van der Waals surface area contributed by atoms with Crippen LogP contribution in [0, 0.1) is 0 Å². The molecule has 0 aromatic heterocycles. The number of hydrogen-bond acceptors (Lipinski definition) is 0. The van der Waals surface area contributed by atoms with Gasteiger partial charge >= 0.3 is 0 Å². The summed E-state index contributed by atoms with van der Waals surface area (Å²) in [4.78, 5) is 0. The fourth-order valence-electron chi connectivity index (χ4n) is 3.77. The average molecular weight is 220 g/mol. The highest BCUT2D eigenvalue weighted by Gasteiger charge is 2.33. The molecule has 3 aliphatic rings. The van der Waals surface area contributed by atoms with Gasteiger partial charge in [0.15, 0.2) is 0 Å². The molecule has 2 aromatic rings. The lowest BCUT2D eigenvalue weighted by atomic mass is 9.74. The van der Waals surface area contributed by atoms with Gasteiger partial charge in [0, 0.05) is 11.8 Å². The van der Waals surface area contributed by atoms with E-state index in [2.05, 4.69) is 48.5 Å². The molecule has 2 bridgehead atoms. The molecule has 5 rings (SSSR count). The molecule has 0 saturated heterocycles. The van der Waals surface area contributed by atoms with Crippen molar-refractivity contribution in [3.63, 3.8) is 0 Å². The van der Waals surface area contributed by atoms with Crippen molar-refractivity contribution in [2.75, 3.05) is 0 Å². The molecular formula is C17H16. The molecule has 0 N–H and O–H groups in total. The predicted octanol–water partition coefficient (Wildman–Crippen LogP) is 4.45. The smallest absolute Gasteiger partial charge is 0.00952 e. The van der Waals surface area contributed by atoms with Crippen LogP contribution in [-0.4, -0.2) is 0 Å². The van der Waals surface area contributed by atoms with E-state index in [1.165, 1.54) is 19.3 Å².